The Hall–Kier alpha value is -0.360. The van der Waals surface area contributed by atoms with Crippen molar-refractivity contribution in [2.75, 3.05) is 24.6 Å². The zero-order chi connectivity index (χ0) is 13.2. The predicted octanol–water partition coefficient (Wildman–Crippen LogP) is 2.34. The molecule has 1 rings (SSSR count). The van der Waals surface area contributed by atoms with Crippen LogP contribution in [0.4, 0.5) is 0 Å². The lowest BCUT2D eigenvalue weighted by atomic mass is 10.1. The third kappa shape index (κ3) is 7.16. The van der Waals surface area contributed by atoms with Crippen molar-refractivity contribution in [1.29, 1.82) is 0 Å². The summed E-state index contributed by atoms with van der Waals surface area (Å²) in [5.41, 5.74) is 6.35. The first-order valence-corrected chi connectivity index (χ1v) is 8.54. The molecule has 0 saturated carbocycles. The number of hydrogen-bond donors (Lipinski definition) is 2. The van der Waals surface area contributed by atoms with Gasteiger partial charge in [-0.3, -0.25) is 4.79 Å². The van der Waals surface area contributed by atoms with E-state index in [2.05, 4.69) is 5.32 Å². The van der Waals surface area contributed by atoms with Crippen LogP contribution in [0.5, 0.6) is 0 Å². The smallest absolute Gasteiger partial charge is 0.224 e. The molecule has 0 radical (unpaired) electrons. The molecule has 3 nitrogen and oxygen atoms in total. The molecule has 0 aromatic heterocycles. The SMILES string of the molecule is NCCSSCCNC(=O)Cc1ccc(Cl)cc1. The highest BCUT2D eigenvalue weighted by Crippen LogP contribution is 2.18. The number of carbonyl (C=O) groups is 1. The molecule has 1 aromatic carbocycles. The third-order valence-corrected chi connectivity index (χ3v) is 4.76. The number of rotatable bonds is 8. The minimum Gasteiger partial charge on any atom is -0.355 e. The summed E-state index contributed by atoms with van der Waals surface area (Å²) >= 11 is 5.78. The van der Waals surface area contributed by atoms with E-state index < -0.39 is 0 Å². The summed E-state index contributed by atoms with van der Waals surface area (Å²) in [5, 5.41) is 3.57. The van der Waals surface area contributed by atoms with Crippen LogP contribution < -0.4 is 11.1 Å². The zero-order valence-corrected chi connectivity index (χ0v) is 12.4. The highest BCUT2D eigenvalue weighted by Gasteiger charge is 2.02. The van der Waals surface area contributed by atoms with Gasteiger partial charge in [-0.05, 0) is 17.7 Å². The van der Waals surface area contributed by atoms with Crippen LogP contribution in [0.2, 0.25) is 5.02 Å². The fourth-order valence-electron chi connectivity index (χ4n) is 1.25. The first-order chi connectivity index (χ1) is 8.72. The lowest BCUT2D eigenvalue weighted by molar-refractivity contribution is -0.120. The van der Waals surface area contributed by atoms with Crippen molar-refractivity contribution in [3.05, 3.63) is 34.9 Å². The number of nitrogens with two attached hydrogens (primary N) is 1. The maximum absolute atomic E-state index is 11.6. The molecule has 100 valence electrons. The number of nitrogens with one attached hydrogen (secondary N) is 1. The van der Waals surface area contributed by atoms with E-state index in [1.165, 1.54) is 0 Å². The van der Waals surface area contributed by atoms with Gasteiger partial charge in [0.25, 0.3) is 0 Å². The fraction of sp³-hybridized carbons (Fsp3) is 0.417. The van der Waals surface area contributed by atoms with Gasteiger partial charge in [-0.25, -0.2) is 0 Å². The molecule has 0 heterocycles. The standard InChI is InChI=1S/C12H17ClN2OS2/c13-11-3-1-10(2-4-11)9-12(16)15-6-8-18-17-7-5-14/h1-4H,5-9,14H2,(H,15,16). The second-order valence-corrected chi connectivity index (χ2v) is 6.72. The number of halogens is 1. The van der Waals surface area contributed by atoms with E-state index >= 15 is 0 Å². The Balaban J connectivity index is 2.12. The number of carbonyl (C=O) groups excluding carboxylic acids is 1. The van der Waals surface area contributed by atoms with Crippen molar-refractivity contribution in [1.82, 2.24) is 5.32 Å². The molecule has 0 aliphatic heterocycles. The van der Waals surface area contributed by atoms with Gasteiger partial charge in [0.15, 0.2) is 0 Å². The Morgan fingerprint density at radius 2 is 1.89 bits per heavy atom. The Kier molecular flexibility index (Phi) is 8.33. The second-order valence-electron chi connectivity index (χ2n) is 3.59. The summed E-state index contributed by atoms with van der Waals surface area (Å²) < 4.78 is 0. The van der Waals surface area contributed by atoms with Crippen LogP contribution >= 0.6 is 33.2 Å². The van der Waals surface area contributed by atoms with Crippen LogP contribution in [0.15, 0.2) is 24.3 Å². The van der Waals surface area contributed by atoms with Crippen LogP contribution in [0, 0.1) is 0 Å². The number of benzene rings is 1. The van der Waals surface area contributed by atoms with Crippen LogP contribution in [-0.2, 0) is 11.2 Å². The third-order valence-electron chi connectivity index (χ3n) is 2.07. The first kappa shape index (κ1) is 15.7. The summed E-state index contributed by atoms with van der Waals surface area (Å²) in [4.78, 5) is 11.6. The van der Waals surface area contributed by atoms with E-state index in [9.17, 15) is 4.79 Å². The highest BCUT2D eigenvalue weighted by molar-refractivity contribution is 8.76. The Labute approximate surface area is 121 Å². The molecule has 18 heavy (non-hydrogen) atoms. The Morgan fingerprint density at radius 1 is 1.22 bits per heavy atom. The minimum atomic E-state index is 0.0433. The molecule has 6 heteroatoms. The second kappa shape index (κ2) is 9.55. The van der Waals surface area contributed by atoms with Gasteiger partial charge >= 0.3 is 0 Å². The molecule has 0 aliphatic rings. The fourth-order valence-corrected chi connectivity index (χ4v) is 3.14. The van der Waals surface area contributed by atoms with E-state index in [1.54, 1.807) is 33.7 Å². The summed E-state index contributed by atoms with van der Waals surface area (Å²) in [6.45, 7) is 1.38. The van der Waals surface area contributed by atoms with Crippen LogP contribution in [0.1, 0.15) is 5.56 Å². The maximum Gasteiger partial charge on any atom is 0.224 e. The molecular weight excluding hydrogens is 288 g/mol. The molecule has 0 atom stereocenters. The lowest BCUT2D eigenvalue weighted by Crippen LogP contribution is -2.27. The van der Waals surface area contributed by atoms with E-state index in [0.29, 0.717) is 24.5 Å². The maximum atomic E-state index is 11.6. The highest BCUT2D eigenvalue weighted by atomic mass is 35.5. The number of hydrogen-bond acceptors (Lipinski definition) is 4. The van der Waals surface area contributed by atoms with Crippen molar-refractivity contribution in [3.63, 3.8) is 0 Å². The van der Waals surface area contributed by atoms with E-state index in [-0.39, 0.29) is 5.91 Å². The normalized spacial score (nSPS) is 10.3. The molecule has 0 unspecified atom stereocenters. The van der Waals surface area contributed by atoms with Crippen molar-refractivity contribution >= 4 is 39.1 Å². The van der Waals surface area contributed by atoms with Crippen LogP contribution in [-0.4, -0.2) is 30.5 Å². The van der Waals surface area contributed by atoms with Crippen molar-refractivity contribution in [2.45, 2.75) is 6.42 Å². The first-order valence-electron chi connectivity index (χ1n) is 5.68. The van der Waals surface area contributed by atoms with E-state index in [1.807, 2.05) is 12.1 Å². The molecule has 0 spiro atoms. The zero-order valence-electron chi connectivity index (χ0n) is 10.0. The Bertz CT molecular complexity index is 360. The summed E-state index contributed by atoms with van der Waals surface area (Å²) in [6.07, 6.45) is 0.401. The predicted molar refractivity (Wildman–Crippen MR) is 82.1 cm³/mol. The van der Waals surface area contributed by atoms with Gasteiger partial charge < -0.3 is 11.1 Å². The quantitative estimate of drug-likeness (QED) is 0.572. The van der Waals surface area contributed by atoms with Gasteiger partial charge in [-0.1, -0.05) is 45.3 Å². The summed E-state index contributed by atoms with van der Waals surface area (Å²) in [5.74, 6) is 1.89. The van der Waals surface area contributed by atoms with Gasteiger partial charge in [0.1, 0.15) is 0 Å². The molecule has 0 bridgehead atoms. The van der Waals surface area contributed by atoms with Crippen molar-refractivity contribution in [2.24, 2.45) is 5.73 Å². The average Bonchev–Trinajstić information content (AvgIpc) is 2.36. The summed E-state index contributed by atoms with van der Waals surface area (Å²) in [7, 11) is 3.47. The Morgan fingerprint density at radius 3 is 2.56 bits per heavy atom. The summed E-state index contributed by atoms with van der Waals surface area (Å²) in [6, 6.07) is 7.33. The monoisotopic (exact) mass is 304 g/mol. The molecule has 1 aromatic rings. The molecule has 0 fully saturated rings. The van der Waals surface area contributed by atoms with E-state index in [0.717, 1.165) is 17.1 Å². The van der Waals surface area contributed by atoms with Gasteiger partial charge in [0, 0.05) is 29.6 Å². The van der Waals surface area contributed by atoms with Crippen molar-refractivity contribution in [3.8, 4) is 0 Å². The topological polar surface area (TPSA) is 55.1 Å². The molecular formula is C12H17ClN2OS2. The number of amides is 1. The molecule has 0 aliphatic carbocycles. The van der Waals surface area contributed by atoms with Gasteiger partial charge in [-0.15, -0.1) is 0 Å². The van der Waals surface area contributed by atoms with Gasteiger partial charge in [0.05, 0.1) is 6.42 Å². The molecule has 0 saturated heterocycles. The molecule has 1 amide bonds. The average molecular weight is 305 g/mol. The van der Waals surface area contributed by atoms with Crippen LogP contribution in [0.3, 0.4) is 0 Å². The van der Waals surface area contributed by atoms with Crippen molar-refractivity contribution < 1.29 is 4.79 Å². The van der Waals surface area contributed by atoms with E-state index in [4.69, 9.17) is 17.3 Å². The minimum absolute atomic E-state index is 0.0433. The largest absolute Gasteiger partial charge is 0.355 e. The van der Waals surface area contributed by atoms with Crippen LogP contribution in [0.25, 0.3) is 0 Å². The molecule has 3 N–H and O–H groups in total. The van der Waals surface area contributed by atoms with Gasteiger partial charge in [-0.2, -0.15) is 0 Å². The lowest BCUT2D eigenvalue weighted by Gasteiger charge is -2.05. The van der Waals surface area contributed by atoms with Gasteiger partial charge in [0.2, 0.25) is 5.91 Å².